The summed E-state index contributed by atoms with van der Waals surface area (Å²) in [6.07, 6.45) is -4.44. The van der Waals surface area contributed by atoms with Gasteiger partial charge in [-0.3, -0.25) is 13.8 Å². The van der Waals surface area contributed by atoms with E-state index in [0.717, 1.165) is 6.26 Å². The molecule has 6 atom stereocenters. The molecule has 4 unspecified atom stereocenters. The molecule has 0 aromatic carbocycles. The van der Waals surface area contributed by atoms with Gasteiger partial charge in [-0.25, -0.2) is 4.79 Å². The van der Waals surface area contributed by atoms with Gasteiger partial charge in [0.05, 0.1) is 18.3 Å². The predicted molar refractivity (Wildman–Crippen MR) is 84.1 cm³/mol. The quantitative estimate of drug-likeness (QED) is 0.461. The molecule has 4 fully saturated rings. The minimum absolute atomic E-state index is 0.186. The van der Waals surface area contributed by atoms with Crippen LogP contribution in [-0.4, -0.2) is 61.8 Å². The molecule has 0 bridgehead atoms. The van der Waals surface area contributed by atoms with Crippen molar-refractivity contribution >= 4 is 28.0 Å². The standard InChI is InChI=1S/C16H20O10S/c1-13(2,3)15(20)5-7-14(6-8(17)23-7)11(19)25-12-16(14,15)9(10(18)24-12)26-27(4,21)22/h7,9,12,20H,5-6H2,1-4H3/t7?,9-,12?,14?,15-,16?/m1/s1. The molecule has 1 N–H and O–H groups in total. The van der Waals surface area contributed by atoms with E-state index in [2.05, 4.69) is 0 Å². The predicted octanol–water partition coefficient (Wildman–Crippen LogP) is -0.760. The molecule has 3 aliphatic heterocycles. The van der Waals surface area contributed by atoms with Crippen LogP contribution in [0.4, 0.5) is 0 Å². The van der Waals surface area contributed by atoms with Crippen LogP contribution in [-0.2, 0) is 42.9 Å². The van der Waals surface area contributed by atoms with Crippen LogP contribution >= 0.6 is 0 Å². The molecule has 2 spiro atoms. The molecule has 0 amide bonds. The number of carbonyl (C=O) groups excluding carboxylic acids is 3. The van der Waals surface area contributed by atoms with Crippen molar-refractivity contribution in [2.75, 3.05) is 6.26 Å². The molecule has 1 saturated carbocycles. The number of hydrogen-bond donors (Lipinski definition) is 1. The van der Waals surface area contributed by atoms with E-state index in [1.807, 2.05) is 0 Å². The number of carbonyl (C=O) groups is 3. The first-order chi connectivity index (χ1) is 12.2. The molecule has 11 heteroatoms. The highest BCUT2D eigenvalue weighted by molar-refractivity contribution is 7.86. The smallest absolute Gasteiger partial charge is 0.340 e. The van der Waals surface area contributed by atoms with Crippen LogP contribution in [0.3, 0.4) is 0 Å². The molecule has 0 aromatic heterocycles. The largest absolute Gasteiger partial charge is 0.461 e. The van der Waals surface area contributed by atoms with E-state index in [-0.39, 0.29) is 6.42 Å². The fourth-order valence-electron chi connectivity index (χ4n) is 5.41. The Bertz CT molecular complexity index is 872. The Morgan fingerprint density at radius 3 is 2.33 bits per heavy atom. The van der Waals surface area contributed by atoms with Gasteiger partial charge in [0, 0.05) is 6.42 Å². The van der Waals surface area contributed by atoms with Crippen LogP contribution in [0.1, 0.15) is 33.6 Å². The fraction of sp³-hybridized carbons (Fsp3) is 0.812. The van der Waals surface area contributed by atoms with Gasteiger partial charge in [-0.05, 0) is 5.41 Å². The number of ether oxygens (including phenoxy) is 3. The third-order valence-electron chi connectivity index (χ3n) is 6.46. The summed E-state index contributed by atoms with van der Waals surface area (Å²) in [7, 11) is -4.19. The van der Waals surface area contributed by atoms with Crippen LogP contribution in [0.5, 0.6) is 0 Å². The summed E-state index contributed by atoms with van der Waals surface area (Å²) in [6, 6.07) is 0. The van der Waals surface area contributed by atoms with Crippen molar-refractivity contribution in [2.24, 2.45) is 16.2 Å². The van der Waals surface area contributed by atoms with Crippen molar-refractivity contribution in [1.29, 1.82) is 0 Å². The summed E-state index contributed by atoms with van der Waals surface area (Å²) in [5, 5.41) is 11.8. The van der Waals surface area contributed by atoms with Gasteiger partial charge in [-0.1, -0.05) is 20.8 Å². The van der Waals surface area contributed by atoms with Gasteiger partial charge in [0.25, 0.3) is 16.4 Å². The van der Waals surface area contributed by atoms with Crippen molar-refractivity contribution < 1.29 is 46.3 Å². The molecule has 3 saturated heterocycles. The normalized spacial score (nSPS) is 45.8. The van der Waals surface area contributed by atoms with Gasteiger partial charge in [-0.15, -0.1) is 0 Å². The van der Waals surface area contributed by atoms with Gasteiger partial charge < -0.3 is 19.3 Å². The summed E-state index contributed by atoms with van der Waals surface area (Å²) in [5.74, 6) is -2.66. The van der Waals surface area contributed by atoms with Crippen LogP contribution in [0.25, 0.3) is 0 Å². The first kappa shape index (κ1) is 18.6. The molecule has 10 nitrogen and oxygen atoms in total. The second-order valence-electron chi connectivity index (χ2n) is 8.66. The summed E-state index contributed by atoms with van der Waals surface area (Å²) in [4.78, 5) is 37.5. The fourth-order valence-corrected chi connectivity index (χ4v) is 5.99. The van der Waals surface area contributed by atoms with E-state index in [4.69, 9.17) is 18.4 Å². The first-order valence-corrected chi connectivity index (χ1v) is 10.2. The Balaban J connectivity index is 2.05. The lowest BCUT2D eigenvalue weighted by Gasteiger charge is -2.50. The van der Waals surface area contributed by atoms with Crippen LogP contribution < -0.4 is 0 Å². The maximum absolute atomic E-state index is 12.9. The summed E-state index contributed by atoms with van der Waals surface area (Å²) in [6.45, 7) is 5.00. The zero-order valence-corrected chi connectivity index (χ0v) is 16.0. The molecule has 4 aliphatic rings. The van der Waals surface area contributed by atoms with Gasteiger partial charge in [0.1, 0.15) is 16.9 Å². The third-order valence-corrected chi connectivity index (χ3v) is 7.00. The number of rotatable bonds is 2. The van der Waals surface area contributed by atoms with Gasteiger partial charge >= 0.3 is 17.9 Å². The second-order valence-corrected chi connectivity index (χ2v) is 10.3. The molecular weight excluding hydrogens is 384 g/mol. The number of esters is 3. The highest BCUT2D eigenvalue weighted by atomic mass is 32.2. The van der Waals surface area contributed by atoms with E-state index in [1.54, 1.807) is 20.8 Å². The van der Waals surface area contributed by atoms with Crippen LogP contribution in [0.15, 0.2) is 0 Å². The van der Waals surface area contributed by atoms with Crippen LogP contribution in [0.2, 0.25) is 0 Å². The number of aliphatic hydroxyl groups is 1. The monoisotopic (exact) mass is 404 g/mol. The lowest BCUT2D eigenvalue weighted by molar-refractivity contribution is -0.221. The highest BCUT2D eigenvalue weighted by Crippen LogP contribution is 2.76. The van der Waals surface area contributed by atoms with Crippen LogP contribution in [0, 0.1) is 16.2 Å². The average molecular weight is 404 g/mol. The summed E-state index contributed by atoms with van der Waals surface area (Å²) >= 11 is 0. The molecule has 0 radical (unpaired) electrons. The highest BCUT2D eigenvalue weighted by Gasteiger charge is 2.93. The van der Waals surface area contributed by atoms with Gasteiger partial charge in [-0.2, -0.15) is 8.42 Å². The first-order valence-electron chi connectivity index (χ1n) is 8.42. The molecular formula is C16H20O10S. The minimum Gasteiger partial charge on any atom is -0.461 e. The van der Waals surface area contributed by atoms with Crippen molar-refractivity contribution in [3.8, 4) is 0 Å². The maximum Gasteiger partial charge on any atom is 0.340 e. The lowest BCUT2D eigenvalue weighted by Crippen LogP contribution is -2.65. The molecule has 1 aliphatic carbocycles. The third kappa shape index (κ3) is 1.87. The van der Waals surface area contributed by atoms with E-state index in [0.29, 0.717) is 0 Å². The average Bonchev–Trinajstić information content (AvgIpc) is 3.07. The van der Waals surface area contributed by atoms with Gasteiger partial charge in [0.2, 0.25) is 0 Å². The zero-order chi connectivity index (χ0) is 20.2. The lowest BCUT2D eigenvalue weighted by atomic mass is 9.52. The zero-order valence-electron chi connectivity index (χ0n) is 15.2. The Kier molecular flexibility index (Phi) is 3.32. The van der Waals surface area contributed by atoms with Gasteiger partial charge in [0.15, 0.2) is 6.10 Å². The SMILES string of the molecule is CC(C)(C)[C@]1(O)CC2OC(=O)CC23C(=O)OC2OC(=O)[C@@H](OS(C)(=O)=O)C231. The van der Waals surface area contributed by atoms with E-state index in [9.17, 15) is 27.9 Å². The molecule has 150 valence electrons. The Hall–Kier alpha value is -1.72. The van der Waals surface area contributed by atoms with Crippen molar-refractivity contribution in [2.45, 2.75) is 57.7 Å². The Labute approximate surface area is 155 Å². The summed E-state index contributed by atoms with van der Waals surface area (Å²) in [5.41, 5.74) is -6.58. The Morgan fingerprint density at radius 1 is 1.15 bits per heavy atom. The van der Waals surface area contributed by atoms with Crippen molar-refractivity contribution in [3.05, 3.63) is 0 Å². The molecule has 3 heterocycles. The van der Waals surface area contributed by atoms with E-state index < -0.39 is 74.8 Å². The Morgan fingerprint density at radius 2 is 1.78 bits per heavy atom. The minimum atomic E-state index is -4.19. The van der Waals surface area contributed by atoms with Crippen molar-refractivity contribution in [3.63, 3.8) is 0 Å². The number of hydrogen-bond acceptors (Lipinski definition) is 10. The summed E-state index contributed by atoms with van der Waals surface area (Å²) < 4.78 is 44.5. The molecule has 27 heavy (non-hydrogen) atoms. The van der Waals surface area contributed by atoms with E-state index >= 15 is 0 Å². The topological polar surface area (TPSA) is 142 Å². The van der Waals surface area contributed by atoms with Crippen molar-refractivity contribution in [1.82, 2.24) is 0 Å². The van der Waals surface area contributed by atoms with E-state index in [1.165, 1.54) is 0 Å². The maximum atomic E-state index is 12.9. The molecule has 4 rings (SSSR count). The molecule has 0 aromatic rings. The second kappa shape index (κ2) is 4.81.